The summed E-state index contributed by atoms with van der Waals surface area (Å²) in [5.41, 5.74) is -1.07. The first kappa shape index (κ1) is 16.7. The van der Waals surface area contributed by atoms with Crippen LogP contribution in [0.3, 0.4) is 0 Å². The van der Waals surface area contributed by atoms with Gasteiger partial charge in [-0.1, -0.05) is 0 Å². The number of hydrogen-bond donors (Lipinski definition) is 3. The Morgan fingerprint density at radius 3 is 1.59 bits per heavy atom. The Hall–Kier alpha value is -0.294. The van der Waals surface area contributed by atoms with Gasteiger partial charge in [0.15, 0.2) is 0 Å². The number of carbonyl (C=O) groups is 2. The van der Waals surface area contributed by atoms with E-state index in [-0.39, 0.29) is 54.2 Å². The summed E-state index contributed by atoms with van der Waals surface area (Å²) in [6.07, 6.45) is 0. The maximum atomic E-state index is 10.8. The van der Waals surface area contributed by atoms with Crippen LogP contribution in [0.25, 0.3) is 0 Å². The predicted octanol–water partition coefficient (Wildman–Crippen LogP) is -2.44. The van der Waals surface area contributed by atoms with Crippen molar-refractivity contribution in [1.82, 2.24) is 0 Å². The summed E-state index contributed by atoms with van der Waals surface area (Å²) in [6.45, 7) is 0. The Morgan fingerprint density at radius 1 is 1.00 bits per heavy atom. The van der Waals surface area contributed by atoms with Crippen molar-refractivity contribution in [3.8, 4) is 0 Å². The summed E-state index contributed by atoms with van der Waals surface area (Å²) in [4.78, 5) is 20.4. The van der Waals surface area contributed by atoms with Gasteiger partial charge in [0.1, 0.15) is 0 Å². The summed E-state index contributed by atoms with van der Waals surface area (Å²) in [6, 6.07) is 2.13. The largest absolute Gasteiger partial charge is 1.00 e. The van der Waals surface area contributed by atoms with Gasteiger partial charge in [-0.3, -0.25) is 4.55 Å². The van der Waals surface area contributed by atoms with Crippen molar-refractivity contribution >= 4 is 22.1 Å². The van der Waals surface area contributed by atoms with Gasteiger partial charge in [0.2, 0.25) is 0 Å². The van der Waals surface area contributed by atoms with Crippen molar-refractivity contribution in [1.29, 1.82) is 0 Å². The maximum Gasteiger partial charge on any atom is 1.00 e. The zero-order valence-electron chi connectivity index (χ0n) is 10.6. The van der Waals surface area contributed by atoms with Gasteiger partial charge >= 0.3 is 66.2 Å². The molecular weight excluding hydrogens is 279 g/mol. The van der Waals surface area contributed by atoms with Gasteiger partial charge in [0.25, 0.3) is 10.1 Å². The molecule has 0 saturated heterocycles. The van der Waals surface area contributed by atoms with E-state index in [1.54, 1.807) is 0 Å². The van der Waals surface area contributed by atoms with Crippen LogP contribution in [0.4, 0.5) is 0 Å². The molecule has 0 amide bonds. The van der Waals surface area contributed by atoms with Crippen LogP contribution in [0.15, 0.2) is 23.1 Å². The maximum absolute atomic E-state index is 10.8. The fourth-order valence-electron chi connectivity index (χ4n) is 0.995. The minimum atomic E-state index is -4.64. The van der Waals surface area contributed by atoms with Crippen LogP contribution in [0, 0.1) is 0 Å². The van der Waals surface area contributed by atoms with Crippen LogP contribution in [-0.2, 0) is 10.1 Å². The fraction of sp³-hybridized carbons (Fsp3) is 0. The third-order valence-corrected chi connectivity index (χ3v) is 2.53. The second kappa shape index (κ2) is 6.04. The van der Waals surface area contributed by atoms with Gasteiger partial charge in [-0.25, -0.2) is 9.59 Å². The van der Waals surface area contributed by atoms with Crippen molar-refractivity contribution in [3.63, 3.8) is 0 Å². The van der Waals surface area contributed by atoms with Crippen LogP contribution in [0.1, 0.15) is 23.6 Å². The smallest absolute Gasteiger partial charge is 0.478 e. The number of aromatic carboxylic acids is 2. The van der Waals surface area contributed by atoms with Gasteiger partial charge in [-0.05, 0) is 18.2 Å². The second-order valence-electron chi connectivity index (χ2n) is 2.83. The standard InChI is InChI=1S/C8H6O7S.K/c9-7(10)4-1-5(8(11)12)3-6(2-4)16(13,14)15;/h1-3H,(H,9,10)(H,11,12)(H,13,14,15);/q;+1/p+2. The monoisotopic (exact) mass is 287 g/mol. The third-order valence-electron chi connectivity index (χ3n) is 1.70. The first-order valence-electron chi connectivity index (χ1n) is 3.81. The molecule has 0 aromatic heterocycles. The van der Waals surface area contributed by atoms with Crippen molar-refractivity contribution in [2.45, 2.75) is 4.90 Å². The zero-order chi connectivity index (χ0) is 12.5. The van der Waals surface area contributed by atoms with E-state index in [9.17, 15) is 18.0 Å². The average Bonchev–Trinajstić information content (AvgIpc) is 2.15. The van der Waals surface area contributed by atoms with E-state index in [1.807, 2.05) is 0 Å². The predicted molar refractivity (Wildman–Crippen MR) is 52.4 cm³/mol. The molecule has 0 radical (unpaired) electrons. The number of hydrogen-bond acceptors (Lipinski definition) is 4. The number of rotatable bonds is 3. The quantitative estimate of drug-likeness (QED) is 0.416. The first-order valence-corrected chi connectivity index (χ1v) is 5.25. The number of carboxylic acids is 2. The Bertz CT molecular complexity index is 540. The van der Waals surface area contributed by atoms with Crippen molar-refractivity contribution < 1.29 is 87.0 Å². The molecule has 0 aliphatic carbocycles. The van der Waals surface area contributed by atoms with E-state index in [0.29, 0.717) is 12.1 Å². The van der Waals surface area contributed by atoms with E-state index in [1.165, 1.54) is 0 Å². The molecule has 1 aromatic rings. The summed E-state index contributed by atoms with van der Waals surface area (Å²) in [5.74, 6) is -2.99. The van der Waals surface area contributed by atoms with Crippen LogP contribution in [0.2, 0.25) is 0 Å². The molecule has 3 N–H and O–H groups in total. The molecule has 86 valence electrons. The fourth-order valence-corrected chi connectivity index (χ4v) is 1.55. The Balaban J connectivity index is -0.000000853. The molecule has 1 rings (SSSR count). The first-order chi connectivity index (χ1) is 7.21. The minimum Gasteiger partial charge on any atom is -0.478 e. The van der Waals surface area contributed by atoms with Crippen LogP contribution < -0.4 is 51.4 Å². The molecule has 7 nitrogen and oxygen atoms in total. The molecule has 0 saturated carbocycles. The Morgan fingerprint density at radius 2 is 1.35 bits per heavy atom. The molecule has 0 unspecified atom stereocenters. The molecule has 0 heterocycles. The van der Waals surface area contributed by atoms with Gasteiger partial charge in [0, 0.05) is 0 Å². The average molecular weight is 287 g/mol. The summed E-state index contributed by atoms with van der Waals surface area (Å²) in [5, 5.41) is 17.2. The summed E-state index contributed by atoms with van der Waals surface area (Å²) in [7, 11) is -4.64. The van der Waals surface area contributed by atoms with Gasteiger partial charge in [-0.2, -0.15) is 8.42 Å². The van der Waals surface area contributed by atoms with Gasteiger partial charge in [0.05, 0.1) is 16.0 Å². The van der Waals surface area contributed by atoms with E-state index >= 15 is 0 Å². The molecule has 0 fully saturated rings. The Labute approximate surface area is 142 Å². The molecule has 0 atom stereocenters. The third kappa shape index (κ3) is 4.47. The van der Waals surface area contributed by atoms with Crippen molar-refractivity contribution in [2.75, 3.05) is 0 Å². The van der Waals surface area contributed by atoms with Gasteiger partial charge in [-0.15, -0.1) is 0 Å². The second-order valence-corrected chi connectivity index (χ2v) is 4.25. The van der Waals surface area contributed by atoms with Crippen molar-refractivity contribution in [3.05, 3.63) is 29.3 Å². The minimum absolute atomic E-state index is 0. The Kier molecular flexibility index (Phi) is 5.94. The van der Waals surface area contributed by atoms with Gasteiger partial charge < -0.3 is 10.2 Å². The molecule has 0 bridgehead atoms. The molecule has 0 aliphatic rings. The molecule has 1 aromatic carbocycles. The van der Waals surface area contributed by atoms with E-state index in [4.69, 9.17) is 14.8 Å². The summed E-state index contributed by atoms with van der Waals surface area (Å²) < 4.78 is 30.2. The molecule has 0 aliphatic heterocycles. The molecule has 0 spiro atoms. The normalized spacial score (nSPS) is 10.4. The number of benzene rings is 1. The SMILES string of the molecule is O=C(O)c1cc(C(=O)O)cc(S(=O)(=O)O)c1.[H+].[H+].[K+]. The molecule has 17 heavy (non-hydrogen) atoms. The molecule has 9 heteroatoms. The zero-order valence-corrected chi connectivity index (χ0v) is 12.6. The molecular formula is C8H8KO7S+3. The van der Waals surface area contributed by atoms with Crippen molar-refractivity contribution in [2.24, 2.45) is 0 Å². The van der Waals surface area contributed by atoms with E-state index < -0.39 is 38.1 Å². The van der Waals surface area contributed by atoms with Crippen LogP contribution >= 0.6 is 0 Å². The summed E-state index contributed by atoms with van der Waals surface area (Å²) >= 11 is 0. The number of carboxylic acid groups (broad SMARTS) is 2. The van der Waals surface area contributed by atoms with E-state index in [2.05, 4.69) is 0 Å². The van der Waals surface area contributed by atoms with Crippen LogP contribution in [0.5, 0.6) is 0 Å². The van der Waals surface area contributed by atoms with Crippen LogP contribution in [-0.4, -0.2) is 35.1 Å². The van der Waals surface area contributed by atoms with E-state index in [0.717, 1.165) is 6.07 Å². The topological polar surface area (TPSA) is 129 Å².